The van der Waals surface area contributed by atoms with Crippen LogP contribution in [0.25, 0.3) is 0 Å². The molecule has 1 heterocycles. The average molecular weight is 310 g/mol. The van der Waals surface area contributed by atoms with Crippen LogP contribution in [0.3, 0.4) is 0 Å². The number of benzene rings is 1. The van der Waals surface area contributed by atoms with Crippen LogP contribution in [0.2, 0.25) is 5.02 Å². The maximum Gasteiger partial charge on any atom is 0.274 e. The number of carbonyl (C=O) groups excluding carboxylic acids is 1. The molecule has 0 spiro atoms. The van der Waals surface area contributed by atoms with Crippen LogP contribution in [0.5, 0.6) is 0 Å². The van der Waals surface area contributed by atoms with Gasteiger partial charge in [0.1, 0.15) is 11.5 Å². The van der Waals surface area contributed by atoms with E-state index in [4.69, 9.17) is 11.6 Å². The number of aromatic amines is 1. The molecule has 0 unspecified atom stereocenters. The van der Waals surface area contributed by atoms with Gasteiger partial charge in [-0.05, 0) is 24.5 Å². The van der Waals surface area contributed by atoms with E-state index in [0.29, 0.717) is 22.3 Å². The molecule has 1 aromatic heterocycles. The van der Waals surface area contributed by atoms with Crippen LogP contribution in [-0.4, -0.2) is 22.1 Å². The number of hydrogen-bond acceptors (Lipinski definition) is 4. The Labute approximate surface area is 124 Å². The van der Waals surface area contributed by atoms with Gasteiger partial charge in [0.25, 0.3) is 11.5 Å². The molecule has 20 heavy (non-hydrogen) atoms. The molecule has 2 rings (SSSR count). The summed E-state index contributed by atoms with van der Waals surface area (Å²) >= 11 is 7.35. The van der Waals surface area contributed by atoms with Crippen LogP contribution >= 0.6 is 23.4 Å². The normalized spacial score (nSPS) is 10.3. The fraction of sp³-hybridized carbons (Fsp3) is 0.154. The van der Waals surface area contributed by atoms with Crippen LogP contribution in [0.15, 0.2) is 35.1 Å². The SMILES string of the molecule is CSCc1nc(C(=O)Nc2cccc(Cl)c2)cc(=O)[nH]1. The van der Waals surface area contributed by atoms with Gasteiger partial charge in [-0.25, -0.2) is 4.98 Å². The van der Waals surface area contributed by atoms with Gasteiger partial charge in [0, 0.05) is 16.8 Å². The monoisotopic (exact) mass is 309 g/mol. The predicted molar refractivity (Wildman–Crippen MR) is 81.5 cm³/mol. The number of nitrogens with one attached hydrogen (secondary N) is 2. The summed E-state index contributed by atoms with van der Waals surface area (Å²) in [4.78, 5) is 30.3. The number of H-pyrrole nitrogens is 1. The van der Waals surface area contributed by atoms with Crippen molar-refractivity contribution < 1.29 is 4.79 Å². The molecule has 2 N–H and O–H groups in total. The number of thioether (sulfide) groups is 1. The topological polar surface area (TPSA) is 74.8 Å². The third kappa shape index (κ3) is 3.85. The van der Waals surface area contributed by atoms with Gasteiger partial charge in [-0.3, -0.25) is 9.59 Å². The van der Waals surface area contributed by atoms with Gasteiger partial charge in [0.15, 0.2) is 0 Å². The average Bonchev–Trinajstić information content (AvgIpc) is 2.38. The van der Waals surface area contributed by atoms with Crippen LogP contribution in [0.1, 0.15) is 16.3 Å². The van der Waals surface area contributed by atoms with E-state index in [1.807, 2.05) is 6.26 Å². The molecular formula is C13H12ClN3O2S. The van der Waals surface area contributed by atoms with Crippen molar-refractivity contribution >= 4 is 35.0 Å². The molecule has 0 bridgehead atoms. The van der Waals surface area contributed by atoms with E-state index < -0.39 is 5.91 Å². The fourth-order valence-electron chi connectivity index (χ4n) is 1.59. The fourth-order valence-corrected chi connectivity index (χ4v) is 2.19. The van der Waals surface area contributed by atoms with Gasteiger partial charge in [0.05, 0.1) is 5.75 Å². The molecular weight excluding hydrogens is 298 g/mol. The van der Waals surface area contributed by atoms with E-state index in [1.54, 1.807) is 24.3 Å². The Bertz CT molecular complexity index is 687. The van der Waals surface area contributed by atoms with Crippen LogP contribution in [0.4, 0.5) is 5.69 Å². The van der Waals surface area contributed by atoms with Crippen LogP contribution in [0, 0.1) is 0 Å². The minimum atomic E-state index is -0.444. The number of nitrogens with zero attached hydrogens (tertiary/aromatic N) is 1. The smallest absolute Gasteiger partial charge is 0.274 e. The Balaban J connectivity index is 2.22. The van der Waals surface area contributed by atoms with Crippen molar-refractivity contribution in [2.75, 3.05) is 11.6 Å². The lowest BCUT2D eigenvalue weighted by Gasteiger charge is -2.06. The highest BCUT2D eigenvalue weighted by atomic mass is 35.5. The van der Waals surface area contributed by atoms with E-state index in [9.17, 15) is 9.59 Å². The highest BCUT2D eigenvalue weighted by Crippen LogP contribution is 2.15. The highest BCUT2D eigenvalue weighted by molar-refractivity contribution is 7.97. The molecule has 2 aromatic rings. The summed E-state index contributed by atoms with van der Waals surface area (Å²) in [5, 5.41) is 3.17. The molecule has 0 aliphatic carbocycles. The Kier molecular flexibility index (Phi) is 4.81. The Hall–Kier alpha value is -1.79. The first kappa shape index (κ1) is 14.6. The number of halogens is 1. The Morgan fingerprint density at radius 3 is 2.95 bits per heavy atom. The maximum absolute atomic E-state index is 12.1. The van der Waals surface area contributed by atoms with Crippen molar-refractivity contribution in [1.82, 2.24) is 9.97 Å². The molecule has 0 radical (unpaired) electrons. The van der Waals surface area contributed by atoms with E-state index in [2.05, 4.69) is 15.3 Å². The second-order valence-electron chi connectivity index (χ2n) is 3.97. The van der Waals surface area contributed by atoms with Gasteiger partial charge in [-0.15, -0.1) is 0 Å². The molecule has 0 saturated heterocycles. The van der Waals surface area contributed by atoms with E-state index >= 15 is 0 Å². The van der Waals surface area contributed by atoms with E-state index in [1.165, 1.54) is 17.8 Å². The molecule has 0 atom stereocenters. The highest BCUT2D eigenvalue weighted by Gasteiger charge is 2.10. The lowest BCUT2D eigenvalue weighted by atomic mass is 10.3. The molecule has 0 aliphatic heterocycles. The molecule has 0 saturated carbocycles. The summed E-state index contributed by atoms with van der Waals surface area (Å²) < 4.78 is 0. The zero-order valence-electron chi connectivity index (χ0n) is 10.6. The van der Waals surface area contributed by atoms with Crippen LogP contribution in [-0.2, 0) is 5.75 Å². The third-order valence-corrected chi connectivity index (χ3v) is 3.18. The second kappa shape index (κ2) is 6.58. The maximum atomic E-state index is 12.1. The summed E-state index contributed by atoms with van der Waals surface area (Å²) in [7, 11) is 0. The van der Waals surface area contributed by atoms with Gasteiger partial charge in [-0.1, -0.05) is 17.7 Å². The molecule has 5 nitrogen and oxygen atoms in total. The van der Waals surface area contributed by atoms with Crippen molar-refractivity contribution in [3.8, 4) is 0 Å². The first-order valence-corrected chi connectivity index (χ1v) is 7.52. The second-order valence-corrected chi connectivity index (χ2v) is 5.28. The summed E-state index contributed by atoms with van der Waals surface area (Å²) in [6.45, 7) is 0. The Morgan fingerprint density at radius 2 is 2.25 bits per heavy atom. The zero-order chi connectivity index (χ0) is 14.5. The van der Waals surface area contributed by atoms with Crippen molar-refractivity contribution in [2.45, 2.75) is 5.75 Å². The number of carbonyl (C=O) groups is 1. The van der Waals surface area contributed by atoms with Crippen molar-refractivity contribution in [2.24, 2.45) is 0 Å². The molecule has 0 aliphatic rings. The third-order valence-electron chi connectivity index (χ3n) is 2.39. The van der Waals surface area contributed by atoms with Crippen LogP contribution < -0.4 is 10.9 Å². The predicted octanol–water partition coefficient (Wildman–Crippen LogP) is 2.54. The number of hydrogen-bond donors (Lipinski definition) is 2. The molecule has 0 fully saturated rings. The molecule has 1 amide bonds. The molecule has 1 aromatic carbocycles. The first-order chi connectivity index (χ1) is 9.58. The number of rotatable bonds is 4. The van der Waals surface area contributed by atoms with Gasteiger partial charge < -0.3 is 10.3 Å². The lowest BCUT2D eigenvalue weighted by molar-refractivity contribution is 0.102. The lowest BCUT2D eigenvalue weighted by Crippen LogP contribution is -2.20. The molecule has 104 valence electrons. The summed E-state index contributed by atoms with van der Waals surface area (Å²) in [6.07, 6.45) is 1.89. The first-order valence-electron chi connectivity index (χ1n) is 5.74. The molecule has 7 heteroatoms. The number of aromatic nitrogens is 2. The summed E-state index contributed by atoms with van der Waals surface area (Å²) in [6, 6.07) is 7.93. The number of amides is 1. The van der Waals surface area contributed by atoms with Crippen molar-refractivity contribution in [3.63, 3.8) is 0 Å². The van der Waals surface area contributed by atoms with Gasteiger partial charge in [0.2, 0.25) is 0 Å². The van der Waals surface area contributed by atoms with Gasteiger partial charge >= 0.3 is 0 Å². The minimum absolute atomic E-state index is 0.0813. The Morgan fingerprint density at radius 1 is 1.45 bits per heavy atom. The summed E-state index contributed by atoms with van der Waals surface area (Å²) in [5.74, 6) is 0.565. The zero-order valence-corrected chi connectivity index (χ0v) is 12.2. The minimum Gasteiger partial charge on any atom is -0.321 e. The van der Waals surface area contributed by atoms with Gasteiger partial charge in [-0.2, -0.15) is 11.8 Å². The van der Waals surface area contributed by atoms with E-state index in [-0.39, 0.29) is 11.3 Å². The quantitative estimate of drug-likeness (QED) is 0.910. The van der Waals surface area contributed by atoms with Crippen molar-refractivity contribution in [3.05, 3.63) is 57.2 Å². The van der Waals surface area contributed by atoms with E-state index in [0.717, 1.165) is 0 Å². The summed E-state index contributed by atoms with van der Waals surface area (Å²) in [5.41, 5.74) is 0.286. The largest absolute Gasteiger partial charge is 0.321 e. The number of anilines is 1. The standard InChI is InChI=1S/C13H12ClN3O2S/c1-20-7-11-16-10(6-12(18)17-11)13(19)15-9-4-2-3-8(14)5-9/h2-6H,7H2,1H3,(H,15,19)(H,16,17,18). The van der Waals surface area contributed by atoms with Crippen molar-refractivity contribution in [1.29, 1.82) is 0 Å².